The predicted octanol–water partition coefficient (Wildman–Crippen LogP) is 0.726. The molecule has 8 nitrogen and oxygen atoms in total. The second kappa shape index (κ2) is 5.21. The van der Waals surface area contributed by atoms with Crippen LogP contribution in [0.2, 0.25) is 0 Å². The lowest BCUT2D eigenvalue weighted by Gasteiger charge is -2.24. The summed E-state index contributed by atoms with van der Waals surface area (Å²) in [6.45, 7) is 0. The van der Waals surface area contributed by atoms with Crippen molar-refractivity contribution in [3.8, 4) is 0 Å². The third kappa shape index (κ3) is 2.31. The van der Waals surface area contributed by atoms with Crippen LogP contribution in [-0.4, -0.2) is 25.4 Å². The van der Waals surface area contributed by atoms with Gasteiger partial charge in [-0.05, 0) is 23.8 Å². The molecule has 1 amide bonds. The Hall–Kier alpha value is -3.07. The molecule has 2 heterocycles. The fourth-order valence-corrected chi connectivity index (χ4v) is 4.74. The van der Waals surface area contributed by atoms with E-state index in [1.807, 2.05) is 0 Å². The van der Waals surface area contributed by atoms with E-state index >= 15 is 0 Å². The molecule has 0 spiro atoms. The van der Waals surface area contributed by atoms with Gasteiger partial charge in [0.25, 0.3) is 10.0 Å². The van der Waals surface area contributed by atoms with Crippen molar-refractivity contribution >= 4 is 32.7 Å². The maximum absolute atomic E-state index is 13.2. The number of sulfonamides is 1. The van der Waals surface area contributed by atoms with Crippen LogP contribution in [0, 0.1) is 0 Å². The van der Waals surface area contributed by atoms with Gasteiger partial charge in [-0.1, -0.05) is 18.2 Å². The van der Waals surface area contributed by atoms with Crippen LogP contribution in [0.1, 0.15) is 5.56 Å². The van der Waals surface area contributed by atoms with E-state index < -0.39 is 27.7 Å². The number of para-hydroxylation sites is 1. The van der Waals surface area contributed by atoms with Crippen molar-refractivity contribution in [2.24, 2.45) is 5.73 Å². The van der Waals surface area contributed by atoms with E-state index in [-0.39, 0.29) is 16.9 Å². The number of benzene rings is 2. The number of nitrogens with zero attached hydrogens (tertiary/aromatic N) is 1. The minimum Gasteiger partial charge on any atom is -0.408 e. The average Bonchev–Trinajstić information content (AvgIpc) is 3.13. The third-order valence-corrected chi connectivity index (χ3v) is 6.02. The normalized spacial score (nSPS) is 17.0. The van der Waals surface area contributed by atoms with Crippen LogP contribution in [0.25, 0.3) is 11.1 Å². The molecule has 2 aromatic carbocycles. The van der Waals surface area contributed by atoms with Gasteiger partial charge in [-0.2, -0.15) is 0 Å². The van der Waals surface area contributed by atoms with Gasteiger partial charge in [0.1, 0.15) is 6.04 Å². The Balaban J connectivity index is 1.89. The first kappa shape index (κ1) is 15.5. The second-order valence-electron chi connectivity index (χ2n) is 5.72. The van der Waals surface area contributed by atoms with E-state index in [0.717, 1.165) is 9.87 Å². The maximum Gasteiger partial charge on any atom is 0.417 e. The molecule has 0 saturated heterocycles. The number of nitrogens with two attached hydrogens (primary N) is 1. The predicted molar refractivity (Wildman–Crippen MR) is 89.6 cm³/mol. The molecule has 4 rings (SSSR count). The average molecular weight is 359 g/mol. The van der Waals surface area contributed by atoms with Crippen LogP contribution in [0.4, 0.5) is 5.69 Å². The fourth-order valence-electron chi connectivity index (χ4n) is 3.07. The standard InChI is InChI=1S/C16H13N3O5S/c17-15(20)13-7-9-3-1-2-4-12(9)19(13)25(22,23)10-5-6-11-14(8-10)24-16(21)18-11/h1-6,8,13H,7H2,(H2,17,20)(H,18,21)/t13-/m0/s1. The lowest BCUT2D eigenvalue weighted by atomic mass is 10.1. The van der Waals surface area contributed by atoms with Crippen LogP contribution in [0.3, 0.4) is 0 Å². The molecule has 1 aliphatic rings. The number of aromatic amines is 1. The number of hydrogen-bond donors (Lipinski definition) is 2. The Morgan fingerprint density at radius 3 is 2.76 bits per heavy atom. The van der Waals surface area contributed by atoms with Crippen LogP contribution < -0.4 is 15.8 Å². The summed E-state index contributed by atoms with van der Waals surface area (Å²) in [6.07, 6.45) is 0.215. The highest BCUT2D eigenvalue weighted by molar-refractivity contribution is 7.93. The molecular weight excluding hydrogens is 346 g/mol. The highest BCUT2D eigenvalue weighted by Crippen LogP contribution is 2.37. The van der Waals surface area contributed by atoms with Crippen molar-refractivity contribution < 1.29 is 17.6 Å². The Bertz CT molecular complexity index is 1160. The number of primary amides is 1. The first-order valence-electron chi connectivity index (χ1n) is 7.42. The molecule has 1 aliphatic heterocycles. The molecule has 1 aromatic heterocycles. The number of anilines is 1. The quantitative estimate of drug-likeness (QED) is 0.713. The molecule has 0 bridgehead atoms. The molecule has 3 N–H and O–H groups in total. The third-order valence-electron chi connectivity index (χ3n) is 4.20. The summed E-state index contributed by atoms with van der Waals surface area (Å²) < 4.78 is 32.3. The Morgan fingerprint density at radius 2 is 2.00 bits per heavy atom. The topological polar surface area (TPSA) is 126 Å². The number of carbonyl (C=O) groups excluding carboxylic acids is 1. The smallest absolute Gasteiger partial charge is 0.408 e. The van der Waals surface area contributed by atoms with Gasteiger partial charge >= 0.3 is 5.76 Å². The van der Waals surface area contributed by atoms with Crippen molar-refractivity contribution in [3.63, 3.8) is 0 Å². The first-order chi connectivity index (χ1) is 11.9. The van der Waals surface area contributed by atoms with E-state index in [1.165, 1.54) is 18.2 Å². The highest BCUT2D eigenvalue weighted by Gasteiger charge is 2.41. The van der Waals surface area contributed by atoms with E-state index in [9.17, 15) is 18.0 Å². The number of aromatic nitrogens is 1. The molecule has 0 radical (unpaired) electrons. The summed E-state index contributed by atoms with van der Waals surface area (Å²) in [6, 6.07) is 9.89. The van der Waals surface area contributed by atoms with Crippen molar-refractivity contribution in [2.75, 3.05) is 4.31 Å². The second-order valence-corrected chi connectivity index (χ2v) is 7.54. The minimum absolute atomic E-state index is 0.0919. The molecule has 9 heteroatoms. The Labute approximate surface area is 141 Å². The number of amides is 1. The van der Waals surface area contributed by atoms with Crippen LogP contribution in [-0.2, 0) is 21.2 Å². The summed E-state index contributed by atoms with van der Waals surface area (Å²) in [5.74, 6) is -1.40. The van der Waals surface area contributed by atoms with E-state index in [0.29, 0.717) is 11.2 Å². The van der Waals surface area contributed by atoms with Crippen LogP contribution in [0.15, 0.2) is 56.6 Å². The van der Waals surface area contributed by atoms with E-state index in [2.05, 4.69) is 4.98 Å². The first-order valence-corrected chi connectivity index (χ1v) is 8.86. The van der Waals surface area contributed by atoms with Crippen LogP contribution >= 0.6 is 0 Å². The molecule has 0 fully saturated rings. The fraction of sp³-hybridized carbons (Fsp3) is 0.125. The SMILES string of the molecule is NC(=O)[C@@H]1Cc2ccccc2N1S(=O)(=O)c1ccc2[nH]c(=O)oc2c1. The number of H-pyrrole nitrogens is 1. The molecule has 128 valence electrons. The molecule has 0 saturated carbocycles. The number of carbonyl (C=O) groups is 1. The summed E-state index contributed by atoms with van der Waals surface area (Å²) in [4.78, 5) is 25.4. The Morgan fingerprint density at radius 1 is 1.24 bits per heavy atom. The molecule has 1 atom stereocenters. The van der Waals surface area contributed by atoms with Gasteiger partial charge < -0.3 is 10.2 Å². The van der Waals surface area contributed by atoms with Crippen molar-refractivity contribution in [3.05, 3.63) is 58.6 Å². The minimum atomic E-state index is -4.07. The summed E-state index contributed by atoms with van der Waals surface area (Å²) in [7, 11) is -4.07. The van der Waals surface area contributed by atoms with Gasteiger partial charge in [-0.25, -0.2) is 13.2 Å². The van der Waals surface area contributed by atoms with Gasteiger partial charge in [0.15, 0.2) is 5.58 Å². The molecule has 0 unspecified atom stereocenters. The van der Waals surface area contributed by atoms with E-state index in [4.69, 9.17) is 10.2 Å². The molecule has 3 aromatic rings. The summed E-state index contributed by atoms with van der Waals surface area (Å²) in [5.41, 5.74) is 7.08. The zero-order valence-electron chi connectivity index (χ0n) is 12.8. The molecule has 25 heavy (non-hydrogen) atoms. The van der Waals surface area contributed by atoms with E-state index in [1.54, 1.807) is 24.3 Å². The van der Waals surface area contributed by atoms with Gasteiger partial charge in [0.05, 0.1) is 16.1 Å². The zero-order chi connectivity index (χ0) is 17.8. The molecular formula is C16H13N3O5S. The van der Waals surface area contributed by atoms with Gasteiger partial charge in [0, 0.05) is 12.5 Å². The number of fused-ring (bicyclic) bond motifs is 2. The van der Waals surface area contributed by atoms with Crippen molar-refractivity contribution in [2.45, 2.75) is 17.4 Å². The number of oxazole rings is 1. The summed E-state index contributed by atoms with van der Waals surface area (Å²) in [5, 5.41) is 0. The largest absolute Gasteiger partial charge is 0.417 e. The van der Waals surface area contributed by atoms with Crippen molar-refractivity contribution in [1.29, 1.82) is 0 Å². The van der Waals surface area contributed by atoms with Gasteiger partial charge in [0.2, 0.25) is 5.91 Å². The van der Waals surface area contributed by atoms with Gasteiger partial charge in [-0.3, -0.25) is 14.1 Å². The Kier molecular flexibility index (Phi) is 3.22. The number of rotatable bonds is 3. The lowest BCUT2D eigenvalue weighted by Crippen LogP contribution is -2.45. The monoisotopic (exact) mass is 359 g/mol. The number of hydrogen-bond acceptors (Lipinski definition) is 5. The summed E-state index contributed by atoms with van der Waals surface area (Å²) >= 11 is 0. The van der Waals surface area contributed by atoms with Crippen LogP contribution in [0.5, 0.6) is 0 Å². The lowest BCUT2D eigenvalue weighted by molar-refractivity contribution is -0.118. The van der Waals surface area contributed by atoms with Crippen molar-refractivity contribution in [1.82, 2.24) is 4.98 Å². The van der Waals surface area contributed by atoms with Gasteiger partial charge in [-0.15, -0.1) is 0 Å². The zero-order valence-corrected chi connectivity index (χ0v) is 13.6. The highest BCUT2D eigenvalue weighted by atomic mass is 32.2. The molecule has 0 aliphatic carbocycles. The maximum atomic E-state index is 13.2. The number of nitrogens with one attached hydrogen (secondary N) is 1.